The minimum atomic E-state index is -0.901. The molecule has 4 rings (SSSR count). The Morgan fingerprint density at radius 2 is 1.47 bits per heavy atom. The highest BCUT2D eigenvalue weighted by Gasteiger charge is 2.19. The highest BCUT2D eigenvalue weighted by Crippen LogP contribution is 2.24. The highest BCUT2D eigenvalue weighted by molar-refractivity contribution is 5.86. The summed E-state index contributed by atoms with van der Waals surface area (Å²) in [5.41, 5.74) is 5.58. The van der Waals surface area contributed by atoms with E-state index >= 15 is 0 Å². The number of amides is 1. The Balaban J connectivity index is 1.29. The Morgan fingerprint density at radius 1 is 0.844 bits per heavy atom. The van der Waals surface area contributed by atoms with Crippen LogP contribution in [-0.2, 0) is 0 Å². The van der Waals surface area contributed by atoms with Gasteiger partial charge in [-0.3, -0.25) is 9.80 Å². The van der Waals surface area contributed by atoms with E-state index in [1.807, 2.05) is 42.5 Å². The van der Waals surface area contributed by atoms with Crippen LogP contribution < -0.4 is 9.80 Å². The molecule has 5 heteroatoms. The van der Waals surface area contributed by atoms with Gasteiger partial charge in [0.15, 0.2) is 0 Å². The summed E-state index contributed by atoms with van der Waals surface area (Å²) in [6.07, 6.45) is -0.0845. The van der Waals surface area contributed by atoms with Crippen LogP contribution in [0.1, 0.15) is 12.0 Å². The zero-order valence-corrected chi connectivity index (χ0v) is 18.7. The predicted molar refractivity (Wildman–Crippen MR) is 132 cm³/mol. The van der Waals surface area contributed by atoms with E-state index < -0.39 is 6.09 Å². The molecule has 1 fully saturated rings. The number of anilines is 2. The van der Waals surface area contributed by atoms with Gasteiger partial charge in [-0.25, -0.2) is 4.79 Å². The summed E-state index contributed by atoms with van der Waals surface area (Å²) in [5, 5.41) is 9.74. The van der Waals surface area contributed by atoms with E-state index in [-0.39, 0.29) is 0 Å². The van der Waals surface area contributed by atoms with E-state index in [0.717, 1.165) is 56.0 Å². The largest absolute Gasteiger partial charge is 0.465 e. The lowest BCUT2D eigenvalue weighted by atomic mass is 10.1. The molecule has 5 nitrogen and oxygen atoms in total. The van der Waals surface area contributed by atoms with Crippen molar-refractivity contribution in [2.75, 3.05) is 49.1 Å². The standard InChI is InChI=1S/C27H31N3O2/c1-22-8-5-6-11-26(22)29-20-18-28(19-21-29)16-7-17-30(27(31)32)25-14-12-24(13-15-25)23-9-3-2-4-10-23/h2-6,8-15H,7,16-21H2,1H3,(H,31,32). The van der Waals surface area contributed by atoms with Crippen molar-refractivity contribution in [2.45, 2.75) is 13.3 Å². The van der Waals surface area contributed by atoms with Gasteiger partial charge in [-0.15, -0.1) is 0 Å². The number of hydrogen-bond acceptors (Lipinski definition) is 3. The molecule has 0 spiro atoms. The second-order valence-electron chi connectivity index (χ2n) is 8.32. The Kier molecular flexibility index (Phi) is 7.07. The SMILES string of the molecule is Cc1ccccc1N1CCN(CCCN(C(=O)O)c2ccc(-c3ccccc3)cc2)CC1. The Bertz CT molecular complexity index is 1010. The number of hydrogen-bond donors (Lipinski definition) is 1. The van der Waals surface area contributed by atoms with E-state index in [9.17, 15) is 9.90 Å². The molecule has 166 valence electrons. The lowest BCUT2D eigenvalue weighted by Crippen LogP contribution is -2.47. The summed E-state index contributed by atoms with van der Waals surface area (Å²) in [5.74, 6) is 0. The highest BCUT2D eigenvalue weighted by atomic mass is 16.4. The van der Waals surface area contributed by atoms with Crippen molar-refractivity contribution in [3.05, 3.63) is 84.4 Å². The molecule has 3 aromatic rings. The zero-order chi connectivity index (χ0) is 22.3. The smallest absolute Gasteiger partial charge is 0.411 e. The van der Waals surface area contributed by atoms with Crippen LogP contribution in [0.4, 0.5) is 16.2 Å². The summed E-state index contributed by atoms with van der Waals surface area (Å²) in [6, 6.07) is 26.4. The first-order valence-corrected chi connectivity index (χ1v) is 11.3. The van der Waals surface area contributed by atoms with Gasteiger partial charge in [-0.05, 0) is 54.8 Å². The van der Waals surface area contributed by atoms with Gasteiger partial charge in [0.1, 0.15) is 0 Å². The predicted octanol–water partition coefficient (Wildman–Crippen LogP) is 5.36. The van der Waals surface area contributed by atoms with Crippen molar-refractivity contribution < 1.29 is 9.90 Å². The third-order valence-corrected chi connectivity index (χ3v) is 6.20. The summed E-state index contributed by atoms with van der Waals surface area (Å²) in [6.45, 7) is 7.60. The maximum atomic E-state index is 11.9. The molecule has 1 saturated heterocycles. The molecule has 0 radical (unpaired) electrons. The molecule has 1 aliphatic heterocycles. The van der Waals surface area contributed by atoms with E-state index in [2.05, 4.69) is 53.1 Å². The van der Waals surface area contributed by atoms with Crippen molar-refractivity contribution in [3.8, 4) is 11.1 Å². The van der Waals surface area contributed by atoms with Crippen molar-refractivity contribution in [1.82, 2.24) is 4.90 Å². The first-order chi connectivity index (χ1) is 15.6. The van der Waals surface area contributed by atoms with Gasteiger partial charge in [-0.1, -0.05) is 60.7 Å². The molecule has 1 aliphatic rings. The number of piperazine rings is 1. The molecule has 0 unspecified atom stereocenters. The Morgan fingerprint density at radius 3 is 2.12 bits per heavy atom. The molecule has 0 bridgehead atoms. The molecule has 0 aromatic heterocycles. The topological polar surface area (TPSA) is 47.0 Å². The van der Waals surface area contributed by atoms with Crippen molar-refractivity contribution in [2.24, 2.45) is 0 Å². The van der Waals surface area contributed by atoms with E-state index in [1.165, 1.54) is 16.2 Å². The molecular weight excluding hydrogens is 398 g/mol. The van der Waals surface area contributed by atoms with Crippen LogP contribution in [0.3, 0.4) is 0 Å². The lowest BCUT2D eigenvalue weighted by Gasteiger charge is -2.37. The summed E-state index contributed by atoms with van der Waals surface area (Å²) in [4.78, 5) is 18.2. The van der Waals surface area contributed by atoms with Crippen LogP contribution in [0, 0.1) is 6.92 Å². The van der Waals surface area contributed by atoms with Crippen LogP contribution in [0.5, 0.6) is 0 Å². The first-order valence-electron chi connectivity index (χ1n) is 11.3. The van der Waals surface area contributed by atoms with Crippen molar-refractivity contribution >= 4 is 17.5 Å². The second kappa shape index (κ2) is 10.3. The fourth-order valence-corrected chi connectivity index (χ4v) is 4.38. The third-order valence-electron chi connectivity index (χ3n) is 6.20. The summed E-state index contributed by atoms with van der Waals surface area (Å²) < 4.78 is 0. The quantitative estimate of drug-likeness (QED) is 0.549. The first kappa shape index (κ1) is 21.9. The molecule has 1 N–H and O–H groups in total. The summed E-state index contributed by atoms with van der Waals surface area (Å²) >= 11 is 0. The van der Waals surface area contributed by atoms with E-state index in [0.29, 0.717) is 6.54 Å². The molecule has 1 amide bonds. The number of para-hydroxylation sites is 1. The Hall–Kier alpha value is -3.31. The van der Waals surface area contributed by atoms with E-state index in [1.54, 1.807) is 0 Å². The molecule has 0 atom stereocenters. The average molecular weight is 430 g/mol. The summed E-state index contributed by atoms with van der Waals surface area (Å²) in [7, 11) is 0. The molecule has 0 aliphatic carbocycles. The van der Waals surface area contributed by atoms with Crippen molar-refractivity contribution in [1.29, 1.82) is 0 Å². The minimum Gasteiger partial charge on any atom is -0.465 e. The van der Waals surface area contributed by atoms with Gasteiger partial charge in [0.2, 0.25) is 0 Å². The zero-order valence-electron chi connectivity index (χ0n) is 18.7. The van der Waals surface area contributed by atoms with Gasteiger partial charge in [0.25, 0.3) is 0 Å². The number of carbonyl (C=O) groups is 1. The molecule has 3 aromatic carbocycles. The number of rotatable bonds is 7. The number of benzene rings is 3. The van der Waals surface area contributed by atoms with Gasteiger partial charge >= 0.3 is 6.09 Å². The molecule has 32 heavy (non-hydrogen) atoms. The fourth-order valence-electron chi connectivity index (χ4n) is 4.38. The Labute approximate surface area is 190 Å². The van der Waals surface area contributed by atoms with Gasteiger partial charge in [-0.2, -0.15) is 0 Å². The lowest BCUT2D eigenvalue weighted by molar-refractivity contribution is 0.200. The maximum absolute atomic E-state index is 11.9. The molecule has 0 saturated carbocycles. The fraction of sp³-hybridized carbons (Fsp3) is 0.296. The van der Waals surface area contributed by atoms with Crippen LogP contribution in [0.2, 0.25) is 0 Å². The van der Waals surface area contributed by atoms with Crippen LogP contribution in [0.25, 0.3) is 11.1 Å². The monoisotopic (exact) mass is 429 g/mol. The second-order valence-corrected chi connectivity index (χ2v) is 8.32. The normalized spacial score (nSPS) is 14.3. The third kappa shape index (κ3) is 5.29. The van der Waals surface area contributed by atoms with Crippen LogP contribution in [0.15, 0.2) is 78.9 Å². The number of carboxylic acid groups (broad SMARTS) is 1. The number of aryl methyl sites for hydroxylation is 1. The van der Waals surface area contributed by atoms with Gasteiger partial charge in [0.05, 0.1) is 0 Å². The van der Waals surface area contributed by atoms with Gasteiger partial charge < -0.3 is 10.0 Å². The minimum absolute atomic E-state index is 0.498. The van der Waals surface area contributed by atoms with Gasteiger partial charge in [0, 0.05) is 44.1 Å². The van der Waals surface area contributed by atoms with Crippen LogP contribution >= 0.6 is 0 Å². The molecular formula is C27H31N3O2. The maximum Gasteiger partial charge on any atom is 0.411 e. The average Bonchev–Trinajstić information content (AvgIpc) is 2.83. The molecule has 1 heterocycles. The number of nitrogens with zero attached hydrogens (tertiary/aromatic N) is 3. The van der Waals surface area contributed by atoms with Crippen molar-refractivity contribution in [3.63, 3.8) is 0 Å². The van der Waals surface area contributed by atoms with Crippen LogP contribution in [-0.4, -0.2) is 55.4 Å². The van der Waals surface area contributed by atoms with E-state index in [4.69, 9.17) is 0 Å².